The minimum atomic E-state index is -0.196. The predicted octanol–water partition coefficient (Wildman–Crippen LogP) is 5.77. The number of benzene rings is 4. The van der Waals surface area contributed by atoms with Gasteiger partial charge in [-0.25, -0.2) is 5.01 Å². The SMILES string of the molecule is CC(=O)N(Nc1ccccc1Cl)c1ccc(C(=O)C2=c3ccc4c(c3CCC2)C(N(C)C)C=c2ccccc2=4)cc1. The molecule has 0 bridgehead atoms. The number of amides is 1. The Labute approximate surface area is 244 Å². The van der Waals surface area contributed by atoms with E-state index in [0.29, 0.717) is 22.0 Å². The molecular weight excluding hydrogens is 530 g/mol. The summed E-state index contributed by atoms with van der Waals surface area (Å²) < 4.78 is 0. The minimum absolute atomic E-state index is 0.0347. The lowest BCUT2D eigenvalue weighted by molar-refractivity contribution is -0.116. The van der Waals surface area contributed by atoms with Crippen LogP contribution in [0, 0.1) is 10.4 Å². The van der Waals surface area contributed by atoms with Crippen molar-refractivity contribution in [3.05, 3.63) is 128 Å². The van der Waals surface area contributed by atoms with Gasteiger partial charge < -0.3 is 0 Å². The molecular formula is C35H32ClN3O2. The molecule has 2 aliphatic carbocycles. The summed E-state index contributed by atoms with van der Waals surface area (Å²) in [5.74, 6) is -0.161. The van der Waals surface area contributed by atoms with Crippen molar-refractivity contribution in [2.45, 2.75) is 32.2 Å². The fourth-order valence-electron chi connectivity index (χ4n) is 6.08. The molecule has 6 heteroatoms. The summed E-state index contributed by atoms with van der Waals surface area (Å²) in [7, 11) is 4.23. The molecule has 0 saturated carbocycles. The largest absolute Gasteiger partial charge is 0.299 e. The van der Waals surface area contributed by atoms with E-state index in [4.69, 9.17) is 11.6 Å². The van der Waals surface area contributed by atoms with Crippen LogP contribution in [-0.4, -0.2) is 30.7 Å². The van der Waals surface area contributed by atoms with E-state index in [1.807, 2.05) is 18.2 Å². The van der Waals surface area contributed by atoms with Crippen molar-refractivity contribution in [1.29, 1.82) is 0 Å². The van der Waals surface area contributed by atoms with Crippen molar-refractivity contribution >= 4 is 46.3 Å². The first-order valence-electron chi connectivity index (χ1n) is 13.9. The number of hydrogen-bond acceptors (Lipinski definition) is 4. The second-order valence-corrected chi connectivity index (χ2v) is 11.3. The lowest BCUT2D eigenvalue weighted by Gasteiger charge is -2.29. The van der Waals surface area contributed by atoms with E-state index in [0.717, 1.165) is 30.1 Å². The maximum atomic E-state index is 13.9. The van der Waals surface area contributed by atoms with Gasteiger partial charge in [-0.05, 0) is 102 Å². The number of hydrazine groups is 1. The number of para-hydroxylation sites is 1. The second kappa shape index (κ2) is 11.0. The van der Waals surface area contributed by atoms with Gasteiger partial charge in [0.05, 0.1) is 22.4 Å². The lowest BCUT2D eigenvalue weighted by atomic mass is 9.82. The molecule has 1 N–H and O–H groups in total. The Morgan fingerprint density at radius 2 is 1.54 bits per heavy atom. The Morgan fingerprint density at radius 3 is 2.27 bits per heavy atom. The lowest BCUT2D eigenvalue weighted by Crippen LogP contribution is -2.34. The molecule has 0 aromatic heterocycles. The summed E-state index contributed by atoms with van der Waals surface area (Å²) in [6.07, 6.45) is 4.97. The van der Waals surface area contributed by atoms with Gasteiger partial charge in [0.1, 0.15) is 0 Å². The van der Waals surface area contributed by atoms with Gasteiger partial charge in [-0.2, -0.15) is 0 Å². The Kier molecular flexibility index (Phi) is 7.24. The average molecular weight is 562 g/mol. The Morgan fingerprint density at radius 1 is 0.829 bits per heavy atom. The number of nitrogens with zero attached hydrogens (tertiary/aromatic N) is 2. The Balaban J connectivity index is 1.41. The molecule has 2 aliphatic rings. The minimum Gasteiger partial charge on any atom is -0.299 e. The van der Waals surface area contributed by atoms with Crippen molar-refractivity contribution in [3.8, 4) is 0 Å². The molecule has 0 heterocycles. The zero-order valence-electron chi connectivity index (χ0n) is 23.4. The second-order valence-electron chi connectivity index (χ2n) is 10.9. The Hall–Kier alpha value is -4.19. The first-order chi connectivity index (χ1) is 19.8. The summed E-state index contributed by atoms with van der Waals surface area (Å²) >= 11 is 6.30. The number of carbonyl (C=O) groups is 2. The third kappa shape index (κ3) is 4.96. The van der Waals surface area contributed by atoms with Crippen LogP contribution in [0.25, 0.3) is 11.6 Å². The number of halogens is 1. The molecule has 6 rings (SSSR count). The molecule has 5 nitrogen and oxygen atoms in total. The number of Topliss-reactive ketones (excluding diaryl/α,β-unsaturated/α-hetero) is 1. The molecule has 0 spiro atoms. The van der Waals surface area contributed by atoms with Crippen LogP contribution < -0.4 is 20.9 Å². The van der Waals surface area contributed by atoms with Gasteiger partial charge in [-0.15, -0.1) is 0 Å². The summed E-state index contributed by atoms with van der Waals surface area (Å²) in [6.45, 7) is 1.48. The molecule has 0 radical (unpaired) electrons. The molecule has 4 aromatic carbocycles. The van der Waals surface area contributed by atoms with Crippen LogP contribution in [0.2, 0.25) is 5.02 Å². The van der Waals surface area contributed by atoms with E-state index < -0.39 is 0 Å². The van der Waals surface area contributed by atoms with E-state index in [1.165, 1.54) is 38.7 Å². The standard InChI is InChI=1S/C35H32ClN3O2/c1-22(40)39(37-32-14-7-6-13-31(32)36)25-17-15-23(16-18-25)35(41)30-12-8-11-28-27(30)19-20-29-26-10-5-4-9-24(26)21-33(34(28)29)38(2)3/h4-7,9-10,13-21,33,37H,8,11-12H2,1-3H3. The van der Waals surface area contributed by atoms with Gasteiger partial charge in [0.15, 0.2) is 5.78 Å². The van der Waals surface area contributed by atoms with Gasteiger partial charge in [0.25, 0.3) is 0 Å². The zero-order valence-corrected chi connectivity index (χ0v) is 24.2. The van der Waals surface area contributed by atoms with Crippen LogP contribution in [0.5, 0.6) is 0 Å². The topological polar surface area (TPSA) is 52.7 Å². The van der Waals surface area contributed by atoms with Crippen LogP contribution in [0.3, 0.4) is 0 Å². The van der Waals surface area contributed by atoms with E-state index in [1.54, 1.807) is 30.3 Å². The molecule has 0 saturated heterocycles. The maximum absolute atomic E-state index is 13.9. The number of hydrogen-bond donors (Lipinski definition) is 1. The highest BCUT2D eigenvalue weighted by Gasteiger charge is 2.25. The van der Waals surface area contributed by atoms with E-state index in [9.17, 15) is 9.59 Å². The van der Waals surface area contributed by atoms with Crippen LogP contribution >= 0.6 is 11.6 Å². The predicted molar refractivity (Wildman–Crippen MR) is 166 cm³/mol. The van der Waals surface area contributed by atoms with E-state index in [2.05, 4.69) is 66.9 Å². The zero-order chi connectivity index (χ0) is 28.7. The third-order valence-corrected chi connectivity index (χ3v) is 8.39. The highest BCUT2D eigenvalue weighted by Crippen LogP contribution is 2.31. The number of fused-ring (bicyclic) bond motifs is 4. The number of nitrogens with one attached hydrogen (secondary N) is 1. The highest BCUT2D eigenvalue weighted by atomic mass is 35.5. The van der Waals surface area contributed by atoms with Crippen LogP contribution in [0.4, 0.5) is 11.4 Å². The van der Waals surface area contributed by atoms with Crippen molar-refractivity contribution in [2.75, 3.05) is 24.5 Å². The normalized spacial score (nSPS) is 15.3. The van der Waals surface area contributed by atoms with Gasteiger partial charge in [0, 0.05) is 18.1 Å². The fourth-order valence-corrected chi connectivity index (χ4v) is 6.26. The first kappa shape index (κ1) is 27.0. The van der Waals surface area contributed by atoms with Gasteiger partial charge in [-0.1, -0.05) is 66.2 Å². The van der Waals surface area contributed by atoms with Gasteiger partial charge >= 0.3 is 0 Å². The number of anilines is 2. The quantitative estimate of drug-likeness (QED) is 0.240. The van der Waals surface area contributed by atoms with Crippen molar-refractivity contribution < 1.29 is 9.59 Å². The third-order valence-electron chi connectivity index (χ3n) is 8.06. The molecule has 0 fully saturated rings. The number of carbonyl (C=O) groups excluding carboxylic acids is 2. The van der Waals surface area contributed by atoms with Crippen LogP contribution in [-0.2, 0) is 11.2 Å². The Bertz CT molecular complexity index is 1900. The summed E-state index contributed by atoms with van der Waals surface area (Å²) in [5, 5.41) is 6.76. The molecule has 206 valence electrons. The monoisotopic (exact) mass is 561 g/mol. The smallest absolute Gasteiger partial charge is 0.242 e. The molecule has 1 atom stereocenters. The van der Waals surface area contributed by atoms with Crippen molar-refractivity contribution in [2.24, 2.45) is 0 Å². The number of rotatable bonds is 6. The van der Waals surface area contributed by atoms with Crippen molar-refractivity contribution in [1.82, 2.24) is 4.90 Å². The summed E-state index contributed by atoms with van der Waals surface area (Å²) in [5.41, 5.74) is 8.40. The number of ketones is 1. The van der Waals surface area contributed by atoms with E-state index in [-0.39, 0.29) is 17.7 Å². The van der Waals surface area contributed by atoms with Gasteiger partial charge in [0.2, 0.25) is 5.91 Å². The van der Waals surface area contributed by atoms with Crippen molar-refractivity contribution in [3.63, 3.8) is 0 Å². The molecule has 0 aliphatic heterocycles. The van der Waals surface area contributed by atoms with Gasteiger partial charge in [-0.3, -0.25) is 19.9 Å². The molecule has 1 amide bonds. The molecule has 1 unspecified atom stereocenters. The molecule has 4 aromatic rings. The van der Waals surface area contributed by atoms with Crippen LogP contribution in [0.1, 0.15) is 47.3 Å². The summed E-state index contributed by atoms with van der Waals surface area (Å²) in [6, 6.07) is 27.5. The fraction of sp³-hybridized carbons (Fsp3) is 0.200. The molecule has 41 heavy (non-hydrogen) atoms. The first-order valence-corrected chi connectivity index (χ1v) is 14.3. The maximum Gasteiger partial charge on any atom is 0.242 e. The average Bonchev–Trinajstić information content (AvgIpc) is 2.99. The highest BCUT2D eigenvalue weighted by molar-refractivity contribution is 6.33. The summed E-state index contributed by atoms with van der Waals surface area (Å²) in [4.78, 5) is 28.7. The van der Waals surface area contributed by atoms with Crippen LogP contribution in [0.15, 0.2) is 84.9 Å². The van der Waals surface area contributed by atoms with E-state index >= 15 is 0 Å².